The van der Waals surface area contributed by atoms with E-state index < -0.39 is 0 Å². The summed E-state index contributed by atoms with van der Waals surface area (Å²) in [5, 5.41) is 0.686. The summed E-state index contributed by atoms with van der Waals surface area (Å²) in [6.07, 6.45) is 1.08. The summed E-state index contributed by atoms with van der Waals surface area (Å²) in [4.78, 5) is 6.86. The topological polar surface area (TPSA) is 21.1 Å². The molecule has 0 saturated heterocycles. The number of rotatable bonds is 6. The van der Waals surface area contributed by atoms with Gasteiger partial charge in [0.25, 0.3) is 0 Å². The van der Waals surface area contributed by atoms with Gasteiger partial charge in [-0.3, -0.25) is 0 Å². The fourth-order valence-electron chi connectivity index (χ4n) is 2.86. The van der Waals surface area contributed by atoms with Crippen molar-refractivity contribution in [1.29, 1.82) is 0 Å². The van der Waals surface area contributed by atoms with E-state index in [0.717, 1.165) is 29.8 Å². The second-order valence-electron chi connectivity index (χ2n) is 6.18. The van der Waals surface area contributed by atoms with Crippen molar-refractivity contribution in [2.75, 3.05) is 20.6 Å². The monoisotopic (exact) mass is 327 g/mol. The average Bonchev–Trinajstić information content (AvgIpc) is 2.76. The molecular formula is C16H23Cl2N3. The summed E-state index contributed by atoms with van der Waals surface area (Å²) in [5.41, 5.74) is 1.92. The van der Waals surface area contributed by atoms with Crippen LogP contribution in [-0.4, -0.2) is 35.1 Å². The van der Waals surface area contributed by atoms with Gasteiger partial charge in [0.2, 0.25) is 0 Å². The molecule has 5 heteroatoms. The van der Waals surface area contributed by atoms with Gasteiger partial charge in [0.05, 0.1) is 16.4 Å². The summed E-state index contributed by atoms with van der Waals surface area (Å²) < 4.78 is 2.27. The van der Waals surface area contributed by atoms with Crippen LogP contribution in [0.3, 0.4) is 0 Å². The molecule has 0 bridgehead atoms. The van der Waals surface area contributed by atoms with Crippen LogP contribution < -0.4 is 0 Å². The molecule has 116 valence electrons. The lowest BCUT2D eigenvalue weighted by Crippen LogP contribution is -2.26. The molecule has 1 atom stereocenters. The van der Waals surface area contributed by atoms with Crippen LogP contribution in [-0.2, 0) is 5.88 Å². The minimum absolute atomic E-state index is 0.345. The Morgan fingerprint density at radius 3 is 2.57 bits per heavy atom. The smallest absolute Gasteiger partial charge is 0.125 e. The fourth-order valence-corrected chi connectivity index (χ4v) is 3.26. The van der Waals surface area contributed by atoms with Crippen molar-refractivity contribution in [3.05, 3.63) is 29.0 Å². The first kappa shape index (κ1) is 16.6. The fraction of sp³-hybridized carbons (Fsp3) is 0.562. The van der Waals surface area contributed by atoms with Crippen LogP contribution >= 0.6 is 23.2 Å². The lowest BCUT2D eigenvalue weighted by Gasteiger charge is -2.26. The summed E-state index contributed by atoms with van der Waals surface area (Å²) in [7, 11) is 4.19. The van der Waals surface area contributed by atoms with E-state index in [4.69, 9.17) is 23.2 Å². The highest BCUT2D eigenvalue weighted by Crippen LogP contribution is 2.30. The standard InChI is InChI=1S/C16H23Cl2N3/c1-11(2)8-12(10-20(3)4)21-14-7-5-6-13(18)16(14)19-15(21)9-17/h5-7,11-12H,8-10H2,1-4H3. The molecule has 1 aromatic carbocycles. The van der Waals surface area contributed by atoms with Gasteiger partial charge in [-0.15, -0.1) is 11.6 Å². The van der Waals surface area contributed by atoms with Crippen molar-refractivity contribution in [2.24, 2.45) is 5.92 Å². The van der Waals surface area contributed by atoms with Gasteiger partial charge in [0, 0.05) is 12.6 Å². The lowest BCUT2D eigenvalue weighted by atomic mass is 10.0. The maximum absolute atomic E-state index is 6.29. The Hall–Kier alpha value is -0.770. The molecule has 21 heavy (non-hydrogen) atoms. The van der Waals surface area contributed by atoms with Crippen LogP contribution in [0.1, 0.15) is 32.1 Å². The number of aromatic nitrogens is 2. The van der Waals surface area contributed by atoms with Crippen LogP contribution in [0.4, 0.5) is 0 Å². The van der Waals surface area contributed by atoms with E-state index >= 15 is 0 Å². The molecule has 1 unspecified atom stereocenters. The minimum Gasteiger partial charge on any atom is -0.322 e. The quantitative estimate of drug-likeness (QED) is 0.724. The highest BCUT2D eigenvalue weighted by Gasteiger charge is 2.21. The molecule has 0 spiro atoms. The third-order valence-corrected chi connectivity index (χ3v) is 4.09. The van der Waals surface area contributed by atoms with Gasteiger partial charge < -0.3 is 9.47 Å². The van der Waals surface area contributed by atoms with E-state index in [1.54, 1.807) is 0 Å². The molecule has 2 rings (SSSR count). The van der Waals surface area contributed by atoms with E-state index in [-0.39, 0.29) is 0 Å². The van der Waals surface area contributed by atoms with Gasteiger partial charge in [0.1, 0.15) is 11.3 Å². The zero-order valence-corrected chi connectivity index (χ0v) is 14.6. The van der Waals surface area contributed by atoms with Gasteiger partial charge in [0.15, 0.2) is 0 Å². The third kappa shape index (κ3) is 3.71. The first-order valence-electron chi connectivity index (χ1n) is 7.30. The lowest BCUT2D eigenvalue weighted by molar-refractivity contribution is 0.289. The number of hydrogen-bond acceptors (Lipinski definition) is 2. The molecule has 0 aliphatic carbocycles. The molecule has 0 radical (unpaired) electrons. The highest BCUT2D eigenvalue weighted by molar-refractivity contribution is 6.35. The Balaban J connectivity index is 2.56. The van der Waals surface area contributed by atoms with Crippen molar-refractivity contribution in [1.82, 2.24) is 14.5 Å². The van der Waals surface area contributed by atoms with Gasteiger partial charge in [-0.05, 0) is 38.6 Å². The van der Waals surface area contributed by atoms with Crippen molar-refractivity contribution < 1.29 is 0 Å². The predicted molar refractivity (Wildman–Crippen MR) is 91.3 cm³/mol. The molecule has 0 saturated carbocycles. The van der Waals surface area contributed by atoms with Crippen LogP contribution in [0.25, 0.3) is 11.0 Å². The number of para-hydroxylation sites is 1. The molecule has 2 aromatic rings. The Morgan fingerprint density at radius 2 is 2.00 bits per heavy atom. The normalized spacial score (nSPS) is 13.5. The molecular weight excluding hydrogens is 305 g/mol. The van der Waals surface area contributed by atoms with Crippen LogP contribution in [0.5, 0.6) is 0 Å². The molecule has 0 amide bonds. The number of imidazole rings is 1. The van der Waals surface area contributed by atoms with Crippen molar-refractivity contribution in [2.45, 2.75) is 32.2 Å². The summed E-state index contributed by atoms with van der Waals surface area (Å²) in [6, 6.07) is 6.27. The summed E-state index contributed by atoms with van der Waals surface area (Å²) >= 11 is 12.4. The molecule has 1 aromatic heterocycles. The first-order valence-corrected chi connectivity index (χ1v) is 8.21. The molecule has 0 aliphatic rings. The maximum atomic E-state index is 6.29. The van der Waals surface area contributed by atoms with E-state index in [2.05, 4.69) is 48.5 Å². The minimum atomic E-state index is 0.345. The van der Waals surface area contributed by atoms with Crippen LogP contribution in [0, 0.1) is 5.92 Å². The second kappa shape index (κ2) is 6.99. The van der Waals surface area contributed by atoms with E-state index in [9.17, 15) is 0 Å². The zero-order valence-electron chi connectivity index (χ0n) is 13.1. The largest absolute Gasteiger partial charge is 0.322 e. The SMILES string of the molecule is CC(C)CC(CN(C)C)n1c(CCl)nc2c(Cl)cccc21. The molecule has 0 aliphatic heterocycles. The predicted octanol–water partition coefficient (Wildman–Crippen LogP) is 4.58. The highest BCUT2D eigenvalue weighted by atomic mass is 35.5. The molecule has 0 N–H and O–H groups in total. The number of benzene rings is 1. The number of halogens is 2. The second-order valence-corrected chi connectivity index (χ2v) is 6.86. The Labute approximate surface area is 136 Å². The zero-order chi connectivity index (χ0) is 15.6. The maximum Gasteiger partial charge on any atom is 0.125 e. The number of nitrogens with zero attached hydrogens (tertiary/aromatic N) is 3. The van der Waals surface area contributed by atoms with E-state index in [0.29, 0.717) is 22.9 Å². The van der Waals surface area contributed by atoms with Gasteiger partial charge in [-0.2, -0.15) is 0 Å². The van der Waals surface area contributed by atoms with Gasteiger partial charge in [-0.25, -0.2) is 4.98 Å². The number of alkyl halides is 1. The Morgan fingerprint density at radius 1 is 1.29 bits per heavy atom. The average molecular weight is 328 g/mol. The Bertz CT molecular complexity index is 595. The number of likely N-dealkylation sites (N-methyl/N-ethyl adjacent to an activating group) is 1. The molecule has 0 fully saturated rings. The van der Waals surface area contributed by atoms with Crippen molar-refractivity contribution >= 4 is 34.2 Å². The third-order valence-electron chi connectivity index (χ3n) is 3.55. The number of fused-ring (bicyclic) bond motifs is 1. The van der Waals surface area contributed by atoms with E-state index in [1.165, 1.54) is 0 Å². The molecule has 1 heterocycles. The van der Waals surface area contributed by atoms with Crippen LogP contribution in [0.15, 0.2) is 18.2 Å². The summed E-state index contributed by atoms with van der Waals surface area (Å²) in [6.45, 7) is 5.45. The molecule has 3 nitrogen and oxygen atoms in total. The first-order chi connectivity index (χ1) is 9.93. The summed E-state index contributed by atoms with van der Waals surface area (Å²) in [5.74, 6) is 1.90. The van der Waals surface area contributed by atoms with Crippen molar-refractivity contribution in [3.8, 4) is 0 Å². The van der Waals surface area contributed by atoms with Gasteiger partial charge in [-0.1, -0.05) is 31.5 Å². The van der Waals surface area contributed by atoms with E-state index in [1.807, 2.05) is 12.1 Å². The van der Waals surface area contributed by atoms with Crippen LogP contribution in [0.2, 0.25) is 5.02 Å². The Kier molecular flexibility index (Phi) is 5.53. The van der Waals surface area contributed by atoms with Crippen molar-refractivity contribution in [3.63, 3.8) is 0 Å². The van der Waals surface area contributed by atoms with Gasteiger partial charge >= 0.3 is 0 Å². The number of hydrogen-bond donors (Lipinski definition) is 0.